The normalized spacial score (nSPS) is 14.6. The number of ether oxygens (including phenoxy) is 1. The number of aromatic nitrogens is 1. The first kappa shape index (κ1) is 19.8. The summed E-state index contributed by atoms with van der Waals surface area (Å²) in [4.78, 5) is 12.5. The summed E-state index contributed by atoms with van der Waals surface area (Å²) in [6, 6.07) is 18.3. The van der Waals surface area contributed by atoms with E-state index in [4.69, 9.17) is 16.3 Å². The summed E-state index contributed by atoms with van der Waals surface area (Å²) in [5, 5.41) is 0.720. The molecule has 150 valence electrons. The third kappa shape index (κ3) is 3.84. The minimum Gasteiger partial charge on any atom is -0.466 e. The molecule has 0 fully saturated rings. The lowest BCUT2D eigenvalue weighted by atomic mass is 9.86. The van der Waals surface area contributed by atoms with Crippen LogP contribution in [0.25, 0.3) is 22.3 Å². The van der Waals surface area contributed by atoms with Gasteiger partial charge in [0.25, 0.3) is 0 Å². The van der Waals surface area contributed by atoms with E-state index in [1.54, 1.807) is 0 Å². The van der Waals surface area contributed by atoms with Crippen molar-refractivity contribution in [2.24, 2.45) is 5.41 Å². The predicted molar refractivity (Wildman–Crippen MR) is 118 cm³/mol. The molecule has 0 radical (unpaired) electrons. The molecule has 4 heteroatoms. The maximum atomic E-state index is 12.5. The maximum Gasteiger partial charge on any atom is 0.311 e. The summed E-state index contributed by atoms with van der Waals surface area (Å²) >= 11 is 6.16. The summed E-state index contributed by atoms with van der Waals surface area (Å²) in [7, 11) is 0. The van der Waals surface area contributed by atoms with Gasteiger partial charge in [0, 0.05) is 34.1 Å². The minimum absolute atomic E-state index is 0.148. The topological polar surface area (TPSA) is 31.2 Å². The molecule has 0 spiro atoms. The Bertz CT molecular complexity index is 1030. The number of hydrogen-bond acceptors (Lipinski definition) is 2. The molecule has 0 N–H and O–H groups in total. The molecule has 0 bridgehead atoms. The Morgan fingerprint density at radius 1 is 1.03 bits per heavy atom. The highest BCUT2D eigenvalue weighted by Crippen LogP contribution is 2.47. The lowest BCUT2D eigenvalue weighted by Crippen LogP contribution is -2.16. The van der Waals surface area contributed by atoms with E-state index in [1.807, 2.05) is 37.3 Å². The summed E-state index contributed by atoms with van der Waals surface area (Å²) < 4.78 is 7.66. The molecular formula is C25H26ClNO2. The summed E-state index contributed by atoms with van der Waals surface area (Å²) in [6.45, 7) is 7.69. The van der Waals surface area contributed by atoms with Crippen LogP contribution in [0.3, 0.4) is 0 Å². The largest absolute Gasteiger partial charge is 0.466 e. The van der Waals surface area contributed by atoms with Crippen molar-refractivity contribution in [3.8, 4) is 22.3 Å². The zero-order valence-corrected chi connectivity index (χ0v) is 17.9. The molecule has 0 atom stereocenters. The zero-order valence-electron chi connectivity index (χ0n) is 17.2. The average Bonchev–Trinajstić information content (AvgIpc) is 3.14. The van der Waals surface area contributed by atoms with Gasteiger partial charge in [0.1, 0.15) is 0 Å². The van der Waals surface area contributed by atoms with Crippen LogP contribution < -0.4 is 0 Å². The molecule has 0 amide bonds. The molecule has 0 unspecified atom stereocenters. The predicted octanol–water partition coefficient (Wildman–Crippen LogP) is 6.16. The van der Waals surface area contributed by atoms with Crippen LogP contribution in [0.15, 0.2) is 54.6 Å². The van der Waals surface area contributed by atoms with E-state index in [0.29, 0.717) is 6.61 Å². The van der Waals surface area contributed by atoms with Crippen LogP contribution in [0.5, 0.6) is 0 Å². The van der Waals surface area contributed by atoms with Gasteiger partial charge in [-0.05, 0) is 42.0 Å². The van der Waals surface area contributed by atoms with Crippen LogP contribution >= 0.6 is 11.6 Å². The second-order valence-corrected chi connectivity index (χ2v) is 8.86. The van der Waals surface area contributed by atoms with Crippen LogP contribution in [0.4, 0.5) is 0 Å². The van der Waals surface area contributed by atoms with Crippen molar-refractivity contribution in [1.82, 2.24) is 4.57 Å². The van der Waals surface area contributed by atoms with Crippen LogP contribution in [0, 0.1) is 5.41 Å². The standard InChI is InChI=1S/C25H26ClNO2/c1-4-29-22(28)14-20-23(17-8-6-5-7-9-17)24(18-10-12-19(26)13-11-18)21-15-25(2,3)16-27(20)21/h5-13H,4,14-16H2,1-3H3. The fourth-order valence-electron chi connectivity index (χ4n) is 4.41. The van der Waals surface area contributed by atoms with Gasteiger partial charge in [0.15, 0.2) is 0 Å². The van der Waals surface area contributed by atoms with Gasteiger partial charge in [-0.2, -0.15) is 0 Å². The van der Waals surface area contributed by atoms with E-state index < -0.39 is 0 Å². The number of benzene rings is 2. The summed E-state index contributed by atoms with van der Waals surface area (Å²) in [5.74, 6) is -0.183. The first-order valence-electron chi connectivity index (χ1n) is 10.1. The Morgan fingerprint density at radius 2 is 1.69 bits per heavy atom. The van der Waals surface area contributed by atoms with E-state index in [1.165, 1.54) is 11.3 Å². The van der Waals surface area contributed by atoms with Crippen LogP contribution in [0.2, 0.25) is 5.02 Å². The maximum absolute atomic E-state index is 12.5. The number of halogens is 1. The minimum atomic E-state index is -0.183. The molecule has 29 heavy (non-hydrogen) atoms. The average molecular weight is 408 g/mol. The van der Waals surface area contributed by atoms with Gasteiger partial charge >= 0.3 is 5.97 Å². The third-order valence-corrected chi connectivity index (χ3v) is 5.78. The molecule has 3 aromatic rings. The molecule has 0 saturated carbocycles. The van der Waals surface area contributed by atoms with E-state index >= 15 is 0 Å². The van der Waals surface area contributed by atoms with Gasteiger partial charge in [-0.15, -0.1) is 0 Å². The Morgan fingerprint density at radius 3 is 2.34 bits per heavy atom. The molecule has 0 saturated heterocycles. The van der Waals surface area contributed by atoms with Gasteiger partial charge in [0.2, 0.25) is 0 Å². The Hall–Kier alpha value is -2.52. The summed E-state index contributed by atoms with van der Waals surface area (Å²) in [6.07, 6.45) is 1.24. The molecule has 2 aromatic carbocycles. The van der Waals surface area contributed by atoms with Gasteiger partial charge in [-0.25, -0.2) is 0 Å². The Kier molecular flexibility index (Phi) is 5.26. The third-order valence-electron chi connectivity index (χ3n) is 5.52. The monoisotopic (exact) mass is 407 g/mol. The number of hydrogen-bond donors (Lipinski definition) is 0. The zero-order chi connectivity index (χ0) is 20.6. The fourth-order valence-corrected chi connectivity index (χ4v) is 4.54. The fraction of sp³-hybridized carbons (Fsp3) is 0.320. The first-order valence-corrected chi connectivity index (χ1v) is 10.5. The van der Waals surface area contributed by atoms with Crippen molar-refractivity contribution in [2.45, 2.75) is 40.2 Å². The van der Waals surface area contributed by atoms with Crippen molar-refractivity contribution < 1.29 is 9.53 Å². The molecule has 1 aliphatic heterocycles. The number of carbonyl (C=O) groups is 1. The molecule has 1 aromatic heterocycles. The first-order chi connectivity index (χ1) is 13.9. The number of nitrogens with zero attached hydrogens (tertiary/aromatic N) is 1. The van der Waals surface area contributed by atoms with Gasteiger partial charge in [-0.1, -0.05) is 67.9 Å². The lowest BCUT2D eigenvalue weighted by Gasteiger charge is -2.19. The smallest absolute Gasteiger partial charge is 0.311 e. The highest BCUT2D eigenvalue weighted by atomic mass is 35.5. The quantitative estimate of drug-likeness (QED) is 0.474. The van der Waals surface area contributed by atoms with Gasteiger partial charge < -0.3 is 9.30 Å². The number of rotatable bonds is 5. The SMILES string of the molecule is CCOC(=O)Cc1c(-c2ccccc2)c(-c2ccc(Cl)cc2)c2n1CC(C)(C)C2. The molecular weight excluding hydrogens is 382 g/mol. The lowest BCUT2D eigenvalue weighted by molar-refractivity contribution is -0.142. The molecule has 4 rings (SSSR count). The molecule has 3 nitrogen and oxygen atoms in total. The molecule has 1 aliphatic rings. The van der Waals surface area contributed by atoms with Crippen LogP contribution in [-0.2, 0) is 28.9 Å². The number of carbonyl (C=O) groups excluding carboxylic acids is 1. The highest BCUT2D eigenvalue weighted by molar-refractivity contribution is 6.30. The van der Waals surface area contributed by atoms with Gasteiger partial charge in [0.05, 0.1) is 13.0 Å². The molecule has 0 aliphatic carbocycles. The van der Waals surface area contributed by atoms with E-state index in [2.05, 4.69) is 42.7 Å². The van der Waals surface area contributed by atoms with Crippen molar-refractivity contribution >= 4 is 17.6 Å². The second-order valence-electron chi connectivity index (χ2n) is 8.43. The van der Waals surface area contributed by atoms with E-state index in [9.17, 15) is 4.79 Å². The van der Waals surface area contributed by atoms with Crippen molar-refractivity contribution in [3.05, 3.63) is 71.0 Å². The van der Waals surface area contributed by atoms with E-state index in [-0.39, 0.29) is 17.8 Å². The Balaban J connectivity index is 1.98. The van der Waals surface area contributed by atoms with Crippen LogP contribution in [0.1, 0.15) is 32.2 Å². The highest BCUT2D eigenvalue weighted by Gasteiger charge is 2.36. The van der Waals surface area contributed by atoms with Crippen molar-refractivity contribution in [2.75, 3.05) is 6.61 Å². The van der Waals surface area contributed by atoms with E-state index in [0.717, 1.165) is 40.4 Å². The number of fused-ring (bicyclic) bond motifs is 1. The van der Waals surface area contributed by atoms with Gasteiger partial charge in [-0.3, -0.25) is 4.79 Å². The second kappa shape index (κ2) is 7.72. The molecule has 2 heterocycles. The van der Waals surface area contributed by atoms with Crippen LogP contribution in [-0.4, -0.2) is 17.1 Å². The Labute approximate surface area is 177 Å². The van der Waals surface area contributed by atoms with Crippen molar-refractivity contribution in [1.29, 1.82) is 0 Å². The summed E-state index contributed by atoms with van der Waals surface area (Å²) in [5.41, 5.74) is 7.07. The number of esters is 1. The van der Waals surface area contributed by atoms with Crippen molar-refractivity contribution in [3.63, 3.8) is 0 Å².